The Balaban J connectivity index is 1.37. The van der Waals surface area contributed by atoms with Gasteiger partial charge in [-0.15, -0.1) is 22.7 Å². The Morgan fingerprint density at radius 3 is 2.50 bits per heavy atom. The summed E-state index contributed by atoms with van der Waals surface area (Å²) in [5, 5.41) is 10.0. The van der Waals surface area contributed by atoms with Crippen molar-refractivity contribution in [3.63, 3.8) is 0 Å². The van der Waals surface area contributed by atoms with E-state index in [1.165, 1.54) is 28.5 Å². The Kier molecular flexibility index (Phi) is 7.86. The zero-order valence-corrected chi connectivity index (χ0v) is 21.3. The molecule has 5 rings (SSSR count). The summed E-state index contributed by atoms with van der Waals surface area (Å²) < 4.78 is 19.0. The van der Waals surface area contributed by atoms with Crippen LogP contribution in [0.15, 0.2) is 64.4 Å². The monoisotopic (exact) mass is 526 g/mol. The summed E-state index contributed by atoms with van der Waals surface area (Å²) in [5.74, 6) is -0.751. The van der Waals surface area contributed by atoms with E-state index in [1.54, 1.807) is 34.4 Å². The third kappa shape index (κ3) is 5.73. The summed E-state index contributed by atoms with van der Waals surface area (Å²) in [4.78, 5) is 32.4. The lowest BCUT2D eigenvalue weighted by Crippen LogP contribution is -2.46. The van der Waals surface area contributed by atoms with Crippen molar-refractivity contribution in [1.82, 2.24) is 14.8 Å². The predicted molar refractivity (Wildman–Crippen MR) is 139 cm³/mol. The van der Waals surface area contributed by atoms with Crippen molar-refractivity contribution >= 4 is 40.2 Å². The van der Waals surface area contributed by atoms with Crippen molar-refractivity contribution in [2.45, 2.75) is 12.5 Å². The quantitative estimate of drug-likeness (QED) is 0.443. The van der Waals surface area contributed by atoms with Crippen molar-refractivity contribution in [1.29, 1.82) is 0 Å². The highest BCUT2D eigenvalue weighted by Crippen LogP contribution is 2.34. The number of benzene rings is 1. The fourth-order valence-corrected chi connectivity index (χ4v) is 5.82. The highest BCUT2D eigenvalue weighted by atomic mass is 32.1. The molecule has 1 fully saturated rings. The highest BCUT2D eigenvalue weighted by Gasteiger charge is 2.35. The molecule has 2 amide bonds. The van der Waals surface area contributed by atoms with Gasteiger partial charge in [-0.05, 0) is 40.6 Å². The van der Waals surface area contributed by atoms with Gasteiger partial charge in [0.2, 0.25) is 0 Å². The minimum Gasteiger partial charge on any atom is -0.379 e. The van der Waals surface area contributed by atoms with Crippen LogP contribution in [0.4, 0.5) is 4.39 Å². The standard InChI is InChI=1S/C26H27FN4O3S2/c27-20-7-5-19(6-8-20)22-17-21(23-3-1-15-35-23)28-31(22)25(32)18-30(26(33)24-4-2-16-36-24)10-9-29-11-13-34-14-12-29/h1-8,15-16,22H,9-14,17-18H2/t22-/m1/s1. The second-order valence-electron chi connectivity index (χ2n) is 8.69. The van der Waals surface area contributed by atoms with Gasteiger partial charge in [-0.2, -0.15) is 5.10 Å². The van der Waals surface area contributed by atoms with E-state index >= 15 is 0 Å². The van der Waals surface area contributed by atoms with E-state index in [0.29, 0.717) is 37.6 Å². The summed E-state index contributed by atoms with van der Waals surface area (Å²) in [5.41, 5.74) is 1.63. The number of morpholine rings is 1. The molecule has 0 bridgehead atoms. The van der Waals surface area contributed by atoms with Gasteiger partial charge >= 0.3 is 0 Å². The van der Waals surface area contributed by atoms with E-state index in [1.807, 2.05) is 29.0 Å². The molecule has 0 saturated carbocycles. The first kappa shape index (κ1) is 24.8. The number of thiophene rings is 2. The molecular formula is C26H27FN4O3S2. The van der Waals surface area contributed by atoms with Gasteiger partial charge in [-0.3, -0.25) is 14.5 Å². The summed E-state index contributed by atoms with van der Waals surface area (Å²) >= 11 is 2.93. The largest absolute Gasteiger partial charge is 0.379 e. The molecule has 10 heteroatoms. The number of amides is 2. The summed E-state index contributed by atoms with van der Waals surface area (Å²) in [7, 11) is 0. The molecule has 7 nitrogen and oxygen atoms in total. The molecule has 0 radical (unpaired) electrons. The summed E-state index contributed by atoms with van der Waals surface area (Å²) in [6.45, 7) is 3.97. The number of hydrogen-bond donors (Lipinski definition) is 0. The van der Waals surface area contributed by atoms with Gasteiger partial charge in [0.15, 0.2) is 0 Å². The molecule has 36 heavy (non-hydrogen) atoms. The molecule has 188 valence electrons. The van der Waals surface area contributed by atoms with Crippen LogP contribution in [0.2, 0.25) is 0 Å². The van der Waals surface area contributed by atoms with Crippen LogP contribution in [-0.4, -0.2) is 78.3 Å². The molecule has 2 aliphatic heterocycles. The minimum absolute atomic E-state index is 0.0833. The van der Waals surface area contributed by atoms with E-state index in [2.05, 4.69) is 4.90 Å². The van der Waals surface area contributed by atoms with Gasteiger partial charge in [-0.25, -0.2) is 9.40 Å². The first-order chi connectivity index (χ1) is 17.6. The highest BCUT2D eigenvalue weighted by molar-refractivity contribution is 7.12. The second-order valence-corrected chi connectivity index (χ2v) is 10.6. The minimum atomic E-state index is -0.354. The number of hydrazone groups is 1. The van der Waals surface area contributed by atoms with Crippen LogP contribution in [0.5, 0.6) is 0 Å². The Labute approximate surface area is 217 Å². The van der Waals surface area contributed by atoms with Gasteiger partial charge < -0.3 is 9.64 Å². The molecule has 1 atom stereocenters. The third-order valence-corrected chi connectivity index (χ3v) is 8.14. The maximum Gasteiger partial charge on any atom is 0.264 e. The zero-order chi connectivity index (χ0) is 24.9. The number of carbonyl (C=O) groups excluding carboxylic acids is 2. The summed E-state index contributed by atoms with van der Waals surface area (Å²) in [6.07, 6.45) is 0.532. The Bertz CT molecular complexity index is 1190. The van der Waals surface area contributed by atoms with Crippen LogP contribution in [0, 0.1) is 5.82 Å². The van der Waals surface area contributed by atoms with Crippen LogP contribution in [-0.2, 0) is 9.53 Å². The van der Waals surface area contributed by atoms with Gasteiger partial charge in [-0.1, -0.05) is 24.3 Å². The predicted octanol–water partition coefficient (Wildman–Crippen LogP) is 4.10. The molecule has 0 spiro atoms. The number of nitrogens with zero attached hydrogens (tertiary/aromatic N) is 4. The van der Waals surface area contributed by atoms with Crippen LogP contribution in [0.1, 0.15) is 32.6 Å². The Morgan fingerprint density at radius 1 is 1.06 bits per heavy atom. The zero-order valence-electron chi connectivity index (χ0n) is 19.7. The molecule has 3 aromatic rings. The molecule has 1 aromatic carbocycles. The Hall–Kier alpha value is -2.92. The first-order valence-electron chi connectivity index (χ1n) is 11.9. The molecule has 0 N–H and O–H groups in total. The lowest BCUT2D eigenvalue weighted by atomic mass is 10.0. The fourth-order valence-electron chi connectivity index (χ4n) is 4.41. The van der Waals surface area contributed by atoms with E-state index in [0.717, 1.165) is 29.2 Å². The molecule has 4 heterocycles. The number of halogens is 1. The van der Waals surface area contributed by atoms with E-state index in [9.17, 15) is 14.0 Å². The van der Waals surface area contributed by atoms with Crippen LogP contribution in [0.3, 0.4) is 0 Å². The van der Waals surface area contributed by atoms with Gasteiger partial charge in [0, 0.05) is 32.6 Å². The molecule has 2 aromatic heterocycles. The number of hydrogen-bond acceptors (Lipinski definition) is 7. The lowest BCUT2D eigenvalue weighted by Gasteiger charge is -2.31. The van der Waals surface area contributed by atoms with Crippen LogP contribution in [0.25, 0.3) is 0 Å². The molecule has 0 unspecified atom stereocenters. The number of ether oxygens (including phenoxy) is 1. The van der Waals surface area contributed by atoms with Crippen molar-refractivity contribution in [2.24, 2.45) is 5.10 Å². The van der Waals surface area contributed by atoms with E-state index in [4.69, 9.17) is 9.84 Å². The van der Waals surface area contributed by atoms with Gasteiger partial charge in [0.05, 0.1) is 34.7 Å². The average molecular weight is 527 g/mol. The normalized spacial score (nSPS) is 18.3. The van der Waals surface area contributed by atoms with Crippen LogP contribution >= 0.6 is 22.7 Å². The average Bonchev–Trinajstić information content (AvgIpc) is 3.69. The Morgan fingerprint density at radius 2 is 1.81 bits per heavy atom. The number of carbonyl (C=O) groups is 2. The topological polar surface area (TPSA) is 65.5 Å². The second kappa shape index (κ2) is 11.4. The van der Waals surface area contributed by atoms with Crippen molar-refractivity contribution < 1.29 is 18.7 Å². The first-order valence-corrected chi connectivity index (χ1v) is 13.7. The van der Waals surface area contributed by atoms with E-state index < -0.39 is 0 Å². The van der Waals surface area contributed by atoms with E-state index in [-0.39, 0.29) is 30.2 Å². The van der Waals surface area contributed by atoms with Crippen molar-refractivity contribution in [3.05, 3.63) is 80.4 Å². The maximum absolute atomic E-state index is 13.7. The number of rotatable bonds is 8. The lowest BCUT2D eigenvalue weighted by molar-refractivity contribution is -0.133. The smallest absolute Gasteiger partial charge is 0.264 e. The molecular weight excluding hydrogens is 499 g/mol. The molecule has 0 aliphatic carbocycles. The van der Waals surface area contributed by atoms with Gasteiger partial charge in [0.1, 0.15) is 12.4 Å². The molecule has 1 saturated heterocycles. The van der Waals surface area contributed by atoms with Crippen molar-refractivity contribution in [3.8, 4) is 0 Å². The SMILES string of the molecule is O=C(c1cccs1)N(CCN1CCOCC1)CC(=O)N1N=C(c2cccs2)C[C@@H]1c1ccc(F)cc1. The summed E-state index contributed by atoms with van der Waals surface area (Å²) in [6, 6.07) is 13.4. The van der Waals surface area contributed by atoms with Crippen LogP contribution < -0.4 is 0 Å². The fraction of sp³-hybridized carbons (Fsp3) is 0.346. The molecule has 2 aliphatic rings. The third-order valence-electron chi connectivity index (χ3n) is 6.36. The maximum atomic E-state index is 13.7. The van der Waals surface area contributed by atoms with Crippen molar-refractivity contribution in [2.75, 3.05) is 45.9 Å². The van der Waals surface area contributed by atoms with Gasteiger partial charge in [0.25, 0.3) is 11.8 Å².